The van der Waals surface area contributed by atoms with Crippen molar-refractivity contribution >= 4 is 22.8 Å². The van der Waals surface area contributed by atoms with E-state index in [1.54, 1.807) is 42.5 Å². The quantitative estimate of drug-likeness (QED) is 0.602. The van der Waals surface area contributed by atoms with Gasteiger partial charge in [0.25, 0.3) is 5.91 Å². The Hall–Kier alpha value is -3.83. The third-order valence-electron chi connectivity index (χ3n) is 4.19. The van der Waals surface area contributed by atoms with Gasteiger partial charge in [-0.3, -0.25) is 4.79 Å². The van der Waals surface area contributed by atoms with Gasteiger partial charge in [0, 0.05) is 5.39 Å². The van der Waals surface area contributed by atoms with E-state index in [4.69, 9.17) is 19.2 Å². The minimum absolute atomic E-state index is 0.00778. The molecule has 3 rings (SSSR count). The van der Waals surface area contributed by atoms with Gasteiger partial charge in [-0.25, -0.2) is 4.79 Å². The summed E-state index contributed by atoms with van der Waals surface area (Å²) in [4.78, 5) is 23.9. The Bertz CT molecular complexity index is 1060. The minimum atomic E-state index is -1.25. The number of carboxylic acids is 1. The average Bonchev–Trinajstić information content (AvgIpc) is 3.16. The van der Waals surface area contributed by atoms with Crippen molar-refractivity contribution < 1.29 is 28.6 Å². The maximum Gasteiger partial charge on any atom is 0.328 e. The van der Waals surface area contributed by atoms with Gasteiger partial charge in [-0.05, 0) is 42.0 Å². The third kappa shape index (κ3) is 4.91. The van der Waals surface area contributed by atoms with Gasteiger partial charge in [0.1, 0.15) is 11.3 Å². The minimum Gasteiger partial charge on any atom is -0.497 e. The monoisotopic (exact) mass is 394 g/mol. The van der Waals surface area contributed by atoms with Crippen molar-refractivity contribution in [1.82, 2.24) is 5.32 Å². The van der Waals surface area contributed by atoms with Crippen molar-refractivity contribution in [3.05, 3.63) is 65.4 Å². The molecule has 0 spiro atoms. The number of nitrogens with zero attached hydrogens (tertiary/aromatic N) is 1. The molecular formula is C21H18N2O6. The number of rotatable bonds is 8. The second kappa shape index (κ2) is 8.91. The van der Waals surface area contributed by atoms with Crippen LogP contribution in [0.4, 0.5) is 0 Å². The summed E-state index contributed by atoms with van der Waals surface area (Å²) >= 11 is 0. The first-order valence-corrected chi connectivity index (χ1v) is 8.68. The topological polar surface area (TPSA) is 122 Å². The molecule has 0 saturated carbocycles. The van der Waals surface area contributed by atoms with E-state index in [1.165, 1.54) is 13.2 Å². The van der Waals surface area contributed by atoms with Crippen LogP contribution in [0.1, 0.15) is 21.7 Å². The highest BCUT2D eigenvalue weighted by atomic mass is 16.5. The maximum absolute atomic E-state index is 12.4. The summed E-state index contributed by atoms with van der Waals surface area (Å²) in [7, 11) is 1.53. The number of carbonyl (C=O) groups is 2. The van der Waals surface area contributed by atoms with E-state index in [2.05, 4.69) is 5.32 Å². The van der Waals surface area contributed by atoms with Gasteiger partial charge in [0.15, 0.2) is 11.8 Å². The van der Waals surface area contributed by atoms with E-state index >= 15 is 0 Å². The van der Waals surface area contributed by atoms with Crippen LogP contribution in [-0.4, -0.2) is 36.7 Å². The van der Waals surface area contributed by atoms with Crippen LogP contribution >= 0.6 is 0 Å². The summed E-state index contributed by atoms with van der Waals surface area (Å²) < 4.78 is 16.0. The first-order chi connectivity index (χ1) is 14.0. The molecule has 0 aliphatic carbocycles. The number of aliphatic carboxylic acids is 1. The maximum atomic E-state index is 12.4. The standard InChI is InChI=1S/C21H18N2O6/c1-27-16-6-7-18-15(8-16)9-19(29-18)20(24)23-17(21(25)26)12-28-11-14-4-2-13(10-22)3-5-14/h2-9,17H,11-12H2,1H3,(H,23,24)(H,25,26)/t17-/m0/s1. The summed E-state index contributed by atoms with van der Waals surface area (Å²) in [5, 5.41) is 21.2. The SMILES string of the molecule is COc1ccc2oc(C(=O)N[C@@H](COCc3ccc(C#N)cc3)C(=O)O)cc2c1. The van der Waals surface area contributed by atoms with Crippen molar-refractivity contribution in [3.8, 4) is 11.8 Å². The van der Waals surface area contributed by atoms with Gasteiger partial charge in [-0.2, -0.15) is 5.26 Å². The van der Waals surface area contributed by atoms with Gasteiger partial charge in [-0.1, -0.05) is 12.1 Å². The number of ether oxygens (including phenoxy) is 2. The fourth-order valence-electron chi connectivity index (χ4n) is 2.63. The Kier molecular flexibility index (Phi) is 6.12. The van der Waals surface area contributed by atoms with Crippen molar-refractivity contribution in [3.63, 3.8) is 0 Å². The largest absolute Gasteiger partial charge is 0.497 e. The number of methoxy groups -OCH3 is 1. The summed E-state index contributed by atoms with van der Waals surface area (Å²) in [5.74, 6) is -1.28. The second-order valence-electron chi connectivity index (χ2n) is 6.20. The predicted molar refractivity (Wildman–Crippen MR) is 102 cm³/mol. The number of carbonyl (C=O) groups excluding carboxylic acids is 1. The Morgan fingerprint density at radius 2 is 1.97 bits per heavy atom. The molecule has 1 aromatic heterocycles. The van der Waals surface area contributed by atoms with Crippen molar-refractivity contribution in [2.75, 3.05) is 13.7 Å². The highest BCUT2D eigenvalue weighted by Gasteiger charge is 2.23. The highest BCUT2D eigenvalue weighted by Crippen LogP contribution is 2.24. The molecule has 0 unspecified atom stereocenters. The Morgan fingerprint density at radius 3 is 2.62 bits per heavy atom. The summed E-state index contributed by atoms with van der Waals surface area (Å²) in [6.45, 7) is -0.0785. The Labute approximate surface area is 166 Å². The van der Waals surface area contributed by atoms with E-state index in [0.717, 1.165) is 5.56 Å². The van der Waals surface area contributed by atoms with Gasteiger partial charge in [0.05, 0.1) is 32.0 Å². The van der Waals surface area contributed by atoms with Gasteiger partial charge in [0.2, 0.25) is 0 Å². The van der Waals surface area contributed by atoms with Crippen molar-refractivity contribution in [2.24, 2.45) is 0 Å². The fourth-order valence-corrected chi connectivity index (χ4v) is 2.63. The van der Waals surface area contributed by atoms with E-state index in [1.807, 2.05) is 6.07 Å². The summed E-state index contributed by atoms with van der Waals surface area (Å²) in [6.07, 6.45) is 0. The van der Waals surface area contributed by atoms with Crippen LogP contribution < -0.4 is 10.1 Å². The molecule has 0 fully saturated rings. The number of amides is 1. The normalized spacial score (nSPS) is 11.6. The molecule has 0 radical (unpaired) electrons. The highest BCUT2D eigenvalue weighted by molar-refractivity contribution is 5.98. The van der Waals surface area contributed by atoms with Crippen molar-refractivity contribution in [2.45, 2.75) is 12.6 Å². The van der Waals surface area contributed by atoms with Crippen LogP contribution in [0.3, 0.4) is 0 Å². The van der Waals surface area contributed by atoms with E-state index in [-0.39, 0.29) is 19.0 Å². The Balaban J connectivity index is 1.61. The number of nitrogens with one attached hydrogen (secondary N) is 1. The third-order valence-corrected chi connectivity index (χ3v) is 4.19. The molecule has 8 heteroatoms. The molecule has 0 aliphatic heterocycles. The lowest BCUT2D eigenvalue weighted by atomic mass is 10.1. The lowest BCUT2D eigenvalue weighted by Crippen LogP contribution is -2.43. The first kappa shape index (κ1) is 19.9. The molecule has 1 heterocycles. The molecule has 148 valence electrons. The molecule has 3 aromatic rings. The van der Waals surface area contributed by atoms with E-state index in [0.29, 0.717) is 22.3 Å². The summed E-state index contributed by atoms with van der Waals surface area (Å²) in [6, 6.07) is 14.1. The number of carboxylic acid groups (broad SMARTS) is 1. The van der Waals surface area contributed by atoms with Crippen LogP contribution in [0.15, 0.2) is 52.9 Å². The molecule has 8 nitrogen and oxygen atoms in total. The number of benzene rings is 2. The van der Waals surface area contributed by atoms with E-state index in [9.17, 15) is 14.7 Å². The molecule has 2 aromatic carbocycles. The molecular weight excluding hydrogens is 376 g/mol. The van der Waals surface area contributed by atoms with Crippen molar-refractivity contribution in [1.29, 1.82) is 5.26 Å². The lowest BCUT2D eigenvalue weighted by molar-refractivity contribution is -0.141. The lowest BCUT2D eigenvalue weighted by Gasteiger charge is -2.14. The molecule has 29 heavy (non-hydrogen) atoms. The number of hydrogen-bond acceptors (Lipinski definition) is 6. The van der Waals surface area contributed by atoms with Gasteiger partial charge >= 0.3 is 5.97 Å². The zero-order valence-corrected chi connectivity index (χ0v) is 15.5. The predicted octanol–water partition coefficient (Wildman–Crippen LogP) is 2.71. The van der Waals surface area contributed by atoms with Crippen LogP contribution in [0.5, 0.6) is 5.75 Å². The molecule has 2 N–H and O–H groups in total. The smallest absolute Gasteiger partial charge is 0.328 e. The number of nitriles is 1. The molecule has 0 aliphatic rings. The van der Waals surface area contributed by atoms with Crippen LogP contribution in [0.25, 0.3) is 11.0 Å². The molecule has 0 saturated heterocycles. The average molecular weight is 394 g/mol. The molecule has 1 amide bonds. The number of furan rings is 1. The molecule has 0 bridgehead atoms. The first-order valence-electron chi connectivity index (χ1n) is 8.68. The fraction of sp³-hybridized carbons (Fsp3) is 0.190. The Morgan fingerprint density at radius 1 is 1.21 bits per heavy atom. The molecule has 1 atom stereocenters. The van der Waals surface area contributed by atoms with Crippen LogP contribution in [-0.2, 0) is 16.1 Å². The zero-order valence-electron chi connectivity index (χ0n) is 15.5. The summed E-state index contributed by atoms with van der Waals surface area (Å²) in [5.41, 5.74) is 1.79. The van der Waals surface area contributed by atoms with E-state index < -0.39 is 17.9 Å². The van der Waals surface area contributed by atoms with Crippen LogP contribution in [0.2, 0.25) is 0 Å². The zero-order chi connectivity index (χ0) is 20.8. The van der Waals surface area contributed by atoms with Crippen LogP contribution in [0, 0.1) is 11.3 Å². The second-order valence-corrected chi connectivity index (χ2v) is 6.20. The number of fused-ring (bicyclic) bond motifs is 1. The van der Waals surface area contributed by atoms with Gasteiger partial charge in [-0.15, -0.1) is 0 Å². The number of hydrogen-bond donors (Lipinski definition) is 2. The van der Waals surface area contributed by atoms with Gasteiger partial charge < -0.3 is 24.3 Å².